The second-order valence-corrected chi connectivity index (χ2v) is 5.34. The normalized spacial score (nSPS) is 11.3. The Morgan fingerprint density at radius 2 is 1.58 bits per heavy atom. The van der Waals surface area contributed by atoms with Crippen LogP contribution in [0.25, 0.3) is 0 Å². The van der Waals surface area contributed by atoms with Crippen LogP contribution < -0.4 is 10.5 Å². The molecule has 2 nitrogen and oxygen atoms in total. The van der Waals surface area contributed by atoms with Crippen LogP contribution in [0.5, 0.6) is 5.75 Å². The summed E-state index contributed by atoms with van der Waals surface area (Å²) >= 11 is 0. The van der Waals surface area contributed by atoms with E-state index in [0.29, 0.717) is 6.54 Å². The SMILES string of the molecule is CC(C)(Cc1ccccc1)Oc1ccccc1CN. The summed E-state index contributed by atoms with van der Waals surface area (Å²) in [4.78, 5) is 0. The molecule has 2 rings (SSSR count). The third-order valence-electron chi connectivity index (χ3n) is 3.05. The summed E-state index contributed by atoms with van der Waals surface area (Å²) < 4.78 is 6.15. The molecule has 0 bridgehead atoms. The minimum atomic E-state index is -0.257. The van der Waals surface area contributed by atoms with Gasteiger partial charge in [0.2, 0.25) is 0 Å². The van der Waals surface area contributed by atoms with E-state index in [2.05, 4.69) is 38.1 Å². The highest BCUT2D eigenvalue weighted by molar-refractivity contribution is 5.33. The van der Waals surface area contributed by atoms with Gasteiger partial charge < -0.3 is 10.5 Å². The molecule has 0 aromatic heterocycles. The van der Waals surface area contributed by atoms with Crippen molar-refractivity contribution < 1.29 is 4.74 Å². The van der Waals surface area contributed by atoms with Crippen molar-refractivity contribution in [3.63, 3.8) is 0 Å². The van der Waals surface area contributed by atoms with Crippen molar-refractivity contribution in [3.05, 3.63) is 65.7 Å². The Balaban J connectivity index is 2.12. The zero-order valence-corrected chi connectivity index (χ0v) is 11.6. The fraction of sp³-hybridized carbons (Fsp3) is 0.294. The largest absolute Gasteiger partial charge is 0.487 e. The average molecular weight is 255 g/mol. The predicted octanol–water partition coefficient (Wildman–Crippen LogP) is 3.55. The van der Waals surface area contributed by atoms with E-state index in [-0.39, 0.29) is 5.60 Å². The van der Waals surface area contributed by atoms with Crippen LogP contribution >= 0.6 is 0 Å². The van der Waals surface area contributed by atoms with Crippen LogP contribution in [-0.4, -0.2) is 5.60 Å². The van der Waals surface area contributed by atoms with Crippen LogP contribution in [-0.2, 0) is 13.0 Å². The summed E-state index contributed by atoms with van der Waals surface area (Å²) in [6.07, 6.45) is 0.868. The van der Waals surface area contributed by atoms with Gasteiger partial charge in [0.05, 0.1) is 0 Å². The van der Waals surface area contributed by atoms with E-state index in [0.717, 1.165) is 17.7 Å². The number of hydrogen-bond acceptors (Lipinski definition) is 2. The number of nitrogens with two attached hydrogens (primary N) is 1. The molecule has 0 amide bonds. The summed E-state index contributed by atoms with van der Waals surface area (Å²) in [6.45, 7) is 4.71. The molecular formula is C17H21NO. The fourth-order valence-electron chi connectivity index (χ4n) is 2.19. The summed E-state index contributed by atoms with van der Waals surface area (Å²) in [5.41, 5.74) is 7.81. The highest BCUT2D eigenvalue weighted by Crippen LogP contribution is 2.25. The van der Waals surface area contributed by atoms with Gasteiger partial charge in [0.25, 0.3) is 0 Å². The molecule has 2 heteroatoms. The number of para-hydroxylation sites is 1. The molecular weight excluding hydrogens is 234 g/mol. The van der Waals surface area contributed by atoms with Crippen LogP contribution in [0.2, 0.25) is 0 Å². The van der Waals surface area contributed by atoms with Gasteiger partial charge in [0, 0.05) is 18.5 Å². The summed E-state index contributed by atoms with van der Waals surface area (Å²) in [7, 11) is 0. The lowest BCUT2D eigenvalue weighted by Crippen LogP contribution is -2.31. The average Bonchev–Trinajstić information content (AvgIpc) is 2.39. The standard InChI is InChI=1S/C17H21NO/c1-17(2,12-14-8-4-3-5-9-14)19-16-11-7-6-10-15(16)13-18/h3-11H,12-13,18H2,1-2H3. The zero-order chi connectivity index (χ0) is 13.7. The van der Waals surface area contributed by atoms with E-state index < -0.39 is 0 Å². The summed E-state index contributed by atoms with van der Waals surface area (Å²) in [6, 6.07) is 18.3. The van der Waals surface area contributed by atoms with E-state index in [9.17, 15) is 0 Å². The Bertz CT molecular complexity index is 520. The van der Waals surface area contributed by atoms with Gasteiger partial charge in [-0.15, -0.1) is 0 Å². The lowest BCUT2D eigenvalue weighted by atomic mass is 9.98. The van der Waals surface area contributed by atoms with Gasteiger partial charge in [-0.1, -0.05) is 48.5 Å². The molecule has 0 saturated heterocycles. The molecule has 0 heterocycles. The van der Waals surface area contributed by atoms with Crippen LogP contribution in [0.1, 0.15) is 25.0 Å². The quantitative estimate of drug-likeness (QED) is 0.886. The van der Waals surface area contributed by atoms with Crippen molar-refractivity contribution >= 4 is 0 Å². The minimum absolute atomic E-state index is 0.257. The second-order valence-electron chi connectivity index (χ2n) is 5.34. The second kappa shape index (κ2) is 5.89. The number of ether oxygens (including phenoxy) is 1. The molecule has 0 saturated carbocycles. The fourth-order valence-corrected chi connectivity index (χ4v) is 2.19. The van der Waals surface area contributed by atoms with E-state index in [4.69, 9.17) is 10.5 Å². The molecule has 0 aliphatic rings. The van der Waals surface area contributed by atoms with Crippen LogP contribution in [0.4, 0.5) is 0 Å². The molecule has 0 radical (unpaired) electrons. The first-order valence-electron chi connectivity index (χ1n) is 6.62. The highest BCUT2D eigenvalue weighted by atomic mass is 16.5. The van der Waals surface area contributed by atoms with Crippen molar-refractivity contribution in [2.24, 2.45) is 5.73 Å². The van der Waals surface area contributed by atoms with Crippen molar-refractivity contribution in [1.29, 1.82) is 0 Å². The molecule has 0 aliphatic carbocycles. The van der Waals surface area contributed by atoms with Gasteiger partial charge in [-0.05, 0) is 25.5 Å². The molecule has 0 unspecified atom stereocenters. The number of hydrogen-bond donors (Lipinski definition) is 1. The first-order chi connectivity index (χ1) is 9.11. The topological polar surface area (TPSA) is 35.2 Å². The monoisotopic (exact) mass is 255 g/mol. The molecule has 0 atom stereocenters. The van der Waals surface area contributed by atoms with Crippen LogP contribution in [0, 0.1) is 0 Å². The van der Waals surface area contributed by atoms with Crippen molar-refractivity contribution in [2.75, 3.05) is 0 Å². The maximum Gasteiger partial charge on any atom is 0.124 e. The third-order valence-corrected chi connectivity index (χ3v) is 3.05. The summed E-state index contributed by atoms with van der Waals surface area (Å²) in [5.74, 6) is 0.880. The van der Waals surface area contributed by atoms with Gasteiger partial charge >= 0.3 is 0 Å². The molecule has 2 aromatic carbocycles. The van der Waals surface area contributed by atoms with Gasteiger partial charge in [-0.2, -0.15) is 0 Å². The highest BCUT2D eigenvalue weighted by Gasteiger charge is 2.21. The minimum Gasteiger partial charge on any atom is -0.487 e. The Labute approximate surface area is 115 Å². The van der Waals surface area contributed by atoms with Gasteiger partial charge in [-0.25, -0.2) is 0 Å². The molecule has 2 aromatic rings. The smallest absolute Gasteiger partial charge is 0.124 e. The van der Waals surface area contributed by atoms with Gasteiger partial charge in [0.1, 0.15) is 11.4 Å². The summed E-state index contributed by atoms with van der Waals surface area (Å²) in [5, 5.41) is 0. The van der Waals surface area contributed by atoms with Gasteiger partial charge in [0.15, 0.2) is 0 Å². The maximum absolute atomic E-state index is 6.15. The molecule has 0 aliphatic heterocycles. The van der Waals surface area contributed by atoms with Crippen molar-refractivity contribution in [2.45, 2.75) is 32.4 Å². The first-order valence-corrected chi connectivity index (χ1v) is 6.62. The first kappa shape index (κ1) is 13.6. The van der Waals surface area contributed by atoms with E-state index in [1.165, 1.54) is 5.56 Å². The Hall–Kier alpha value is -1.80. The number of benzene rings is 2. The lowest BCUT2D eigenvalue weighted by Gasteiger charge is -2.28. The maximum atomic E-state index is 6.15. The van der Waals surface area contributed by atoms with E-state index in [1.807, 2.05) is 30.3 Å². The van der Waals surface area contributed by atoms with E-state index in [1.54, 1.807) is 0 Å². The number of rotatable bonds is 5. The third kappa shape index (κ3) is 3.83. The molecule has 19 heavy (non-hydrogen) atoms. The lowest BCUT2D eigenvalue weighted by molar-refractivity contribution is 0.108. The molecule has 2 N–H and O–H groups in total. The predicted molar refractivity (Wildman–Crippen MR) is 79.2 cm³/mol. The molecule has 0 fully saturated rings. The molecule has 0 spiro atoms. The Morgan fingerprint density at radius 1 is 0.947 bits per heavy atom. The van der Waals surface area contributed by atoms with Crippen LogP contribution in [0.3, 0.4) is 0 Å². The van der Waals surface area contributed by atoms with Crippen molar-refractivity contribution in [1.82, 2.24) is 0 Å². The Kier molecular flexibility index (Phi) is 4.23. The Morgan fingerprint density at radius 3 is 2.26 bits per heavy atom. The van der Waals surface area contributed by atoms with Gasteiger partial charge in [-0.3, -0.25) is 0 Å². The van der Waals surface area contributed by atoms with Crippen LogP contribution in [0.15, 0.2) is 54.6 Å². The zero-order valence-electron chi connectivity index (χ0n) is 11.6. The molecule has 100 valence electrons. The van der Waals surface area contributed by atoms with E-state index >= 15 is 0 Å². The van der Waals surface area contributed by atoms with Crippen molar-refractivity contribution in [3.8, 4) is 5.75 Å².